The van der Waals surface area contributed by atoms with Crippen molar-refractivity contribution < 1.29 is 9.53 Å². The Morgan fingerprint density at radius 3 is 2.60 bits per heavy atom. The first-order chi connectivity index (χ1) is 9.43. The standard InChI is InChI=1S/C16H26N2O2/c1-11(2)9-18-16(19)13(4)20-15-7-6-12(3)8-14(15)10-17-5/h6-8,11,13,17H,9-10H2,1-5H3,(H,18,19). The number of hydrogen-bond acceptors (Lipinski definition) is 3. The molecule has 0 heterocycles. The number of amides is 1. The second-order valence-corrected chi connectivity index (χ2v) is 5.54. The number of rotatable bonds is 7. The largest absolute Gasteiger partial charge is 0.481 e. The molecule has 0 saturated heterocycles. The van der Waals surface area contributed by atoms with Crippen LogP contribution in [0.5, 0.6) is 5.75 Å². The average Bonchev–Trinajstić information content (AvgIpc) is 2.39. The van der Waals surface area contributed by atoms with Gasteiger partial charge in [0.15, 0.2) is 6.10 Å². The minimum absolute atomic E-state index is 0.0744. The normalized spacial score (nSPS) is 12.3. The van der Waals surface area contributed by atoms with Gasteiger partial charge in [0.1, 0.15) is 5.75 Å². The molecule has 0 aliphatic rings. The molecule has 2 N–H and O–H groups in total. The molecule has 1 aromatic rings. The molecule has 0 aliphatic heterocycles. The van der Waals surface area contributed by atoms with E-state index in [1.54, 1.807) is 6.92 Å². The van der Waals surface area contributed by atoms with Gasteiger partial charge in [0.05, 0.1) is 0 Å². The van der Waals surface area contributed by atoms with Gasteiger partial charge in [0.25, 0.3) is 5.91 Å². The Morgan fingerprint density at radius 2 is 2.00 bits per heavy atom. The van der Waals surface area contributed by atoms with Gasteiger partial charge >= 0.3 is 0 Å². The first-order valence-corrected chi connectivity index (χ1v) is 7.12. The number of aryl methyl sites for hydroxylation is 1. The van der Waals surface area contributed by atoms with Crippen LogP contribution in [0.3, 0.4) is 0 Å². The van der Waals surface area contributed by atoms with Gasteiger partial charge in [-0.2, -0.15) is 0 Å². The molecule has 0 aromatic heterocycles. The number of benzene rings is 1. The highest BCUT2D eigenvalue weighted by Crippen LogP contribution is 2.21. The summed E-state index contributed by atoms with van der Waals surface area (Å²) in [5, 5.41) is 6.00. The Balaban J connectivity index is 2.69. The van der Waals surface area contributed by atoms with E-state index < -0.39 is 6.10 Å². The van der Waals surface area contributed by atoms with E-state index in [-0.39, 0.29) is 5.91 Å². The summed E-state index contributed by atoms with van der Waals surface area (Å²) >= 11 is 0. The summed E-state index contributed by atoms with van der Waals surface area (Å²) in [5.41, 5.74) is 2.25. The fraction of sp³-hybridized carbons (Fsp3) is 0.562. The van der Waals surface area contributed by atoms with Gasteiger partial charge in [-0.15, -0.1) is 0 Å². The molecule has 0 spiro atoms. The lowest BCUT2D eigenvalue weighted by Crippen LogP contribution is -2.38. The first-order valence-electron chi connectivity index (χ1n) is 7.12. The number of hydrogen-bond donors (Lipinski definition) is 2. The van der Waals surface area contributed by atoms with E-state index in [0.717, 1.165) is 17.9 Å². The summed E-state index contributed by atoms with van der Waals surface area (Å²) in [7, 11) is 1.89. The minimum Gasteiger partial charge on any atom is -0.481 e. The molecule has 0 fully saturated rings. The van der Waals surface area contributed by atoms with Crippen LogP contribution in [0.15, 0.2) is 18.2 Å². The number of carbonyl (C=O) groups is 1. The van der Waals surface area contributed by atoms with Crippen molar-refractivity contribution in [3.8, 4) is 5.75 Å². The highest BCUT2D eigenvalue weighted by Gasteiger charge is 2.16. The summed E-state index contributed by atoms with van der Waals surface area (Å²) in [5.74, 6) is 1.12. The fourth-order valence-corrected chi connectivity index (χ4v) is 1.84. The molecule has 1 aromatic carbocycles. The third kappa shape index (κ3) is 5.21. The molecule has 1 amide bonds. The molecule has 0 aliphatic carbocycles. The van der Waals surface area contributed by atoms with Gasteiger partial charge in [-0.05, 0) is 32.9 Å². The zero-order valence-corrected chi connectivity index (χ0v) is 13.1. The second-order valence-electron chi connectivity index (χ2n) is 5.54. The predicted octanol–water partition coefficient (Wildman–Crippen LogP) is 2.25. The summed E-state index contributed by atoms with van der Waals surface area (Å²) in [4.78, 5) is 11.9. The molecular formula is C16H26N2O2. The van der Waals surface area contributed by atoms with Gasteiger partial charge in [-0.25, -0.2) is 0 Å². The lowest BCUT2D eigenvalue weighted by atomic mass is 10.1. The Kier molecular flexibility index (Phi) is 6.52. The van der Waals surface area contributed by atoms with E-state index in [2.05, 4.69) is 30.5 Å². The lowest BCUT2D eigenvalue weighted by molar-refractivity contribution is -0.127. The van der Waals surface area contributed by atoms with E-state index >= 15 is 0 Å². The van der Waals surface area contributed by atoms with Crippen molar-refractivity contribution in [3.63, 3.8) is 0 Å². The first kappa shape index (κ1) is 16.5. The molecule has 1 atom stereocenters. The van der Waals surface area contributed by atoms with Crippen LogP contribution in [-0.2, 0) is 11.3 Å². The quantitative estimate of drug-likeness (QED) is 0.804. The molecule has 1 rings (SSSR count). The van der Waals surface area contributed by atoms with Crippen molar-refractivity contribution >= 4 is 5.91 Å². The van der Waals surface area contributed by atoms with Crippen LogP contribution >= 0.6 is 0 Å². The fourth-order valence-electron chi connectivity index (χ4n) is 1.84. The van der Waals surface area contributed by atoms with Gasteiger partial charge in [0.2, 0.25) is 0 Å². The Labute approximate surface area is 121 Å². The summed E-state index contributed by atoms with van der Waals surface area (Å²) in [6, 6.07) is 5.99. The summed E-state index contributed by atoms with van der Waals surface area (Å²) in [6.07, 6.45) is -0.493. The van der Waals surface area contributed by atoms with E-state index in [9.17, 15) is 4.79 Å². The molecule has 4 heteroatoms. The molecule has 4 nitrogen and oxygen atoms in total. The van der Waals surface area contributed by atoms with Crippen LogP contribution < -0.4 is 15.4 Å². The zero-order valence-electron chi connectivity index (χ0n) is 13.1. The monoisotopic (exact) mass is 278 g/mol. The van der Waals surface area contributed by atoms with Crippen molar-refractivity contribution in [3.05, 3.63) is 29.3 Å². The molecular weight excluding hydrogens is 252 g/mol. The minimum atomic E-state index is -0.493. The third-order valence-corrected chi connectivity index (χ3v) is 2.94. The van der Waals surface area contributed by atoms with Crippen LogP contribution in [0.2, 0.25) is 0 Å². The maximum Gasteiger partial charge on any atom is 0.260 e. The topological polar surface area (TPSA) is 50.4 Å². The maximum absolute atomic E-state index is 11.9. The van der Waals surface area contributed by atoms with E-state index in [0.29, 0.717) is 12.5 Å². The Bertz CT molecular complexity index is 444. The smallest absolute Gasteiger partial charge is 0.260 e. The van der Waals surface area contributed by atoms with E-state index in [4.69, 9.17) is 4.74 Å². The van der Waals surface area contributed by atoms with Crippen molar-refractivity contribution in [2.45, 2.75) is 40.3 Å². The average molecular weight is 278 g/mol. The lowest BCUT2D eigenvalue weighted by Gasteiger charge is -2.18. The van der Waals surface area contributed by atoms with Crippen molar-refractivity contribution in [2.75, 3.05) is 13.6 Å². The van der Waals surface area contributed by atoms with E-state index in [1.807, 2.05) is 26.1 Å². The SMILES string of the molecule is CNCc1cc(C)ccc1OC(C)C(=O)NCC(C)C. The summed E-state index contributed by atoms with van der Waals surface area (Å²) < 4.78 is 5.80. The van der Waals surface area contributed by atoms with Crippen LogP contribution in [0.4, 0.5) is 0 Å². The molecule has 20 heavy (non-hydrogen) atoms. The van der Waals surface area contributed by atoms with Crippen molar-refractivity contribution in [1.82, 2.24) is 10.6 Å². The Hall–Kier alpha value is -1.55. The molecule has 0 saturated carbocycles. The van der Waals surface area contributed by atoms with Gasteiger partial charge in [-0.1, -0.05) is 31.5 Å². The second kappa shape index (κ2) is 7.90. The zero-order chi connectivity index (χ0) is 15.1. The summed E-state index contributed by atoms with van der Waals surface area (Å²) in [6.45, 7) is 9.34. The van der Waals surface area contributed by atoms with Gasteiger partial charge < -0.3 is 15.4 Å². The number of nitrogens with one attached hydrogen (secondary N) is 2. The third-order valence-electron chi connectivity index (χ3n) is 2.94. The van der Waals surface area contributed by atoms with Crippen LogP contribution in [0.25, 0.3) is 0 Å². The van der Waals surface area contributed by atoms with Crippen molar-refractivity contribution in [1.29, 1.82) is 0 Å². The van der Waals surface area contributed by atoms with Gasteiger partial charge in [0, 0.05) is 18.7 Å². The molecule has 1 unspecified atom stereocenters. The van der Waals surface area contributed by atoms with Crippen LogP contribution in [0.1, 0.15) is 31.9 Å². The van der Waals surface area contributed by atoms with Crippen molar-refractivity contribution in [2.24, 2.45) is 5.92 Å². The highest BCUT2D eigenvalue weighted by atomic mass is 16.5. The Morgan fingerprint density at radius 1 is 1.30 bits per heavy atom. The molecule has 0 radical (unpaired) electrons. The number of carbonyl (C=O) groups excluding carboxylic acids is 1. The van der Waals surface area contributed by atoms with Gasteiger partial charge in [-0.3, -0.25) is 4.79 Å². The number of ether oxygens (including phenoxy) is 1. The van der Waals surface area contributed by atoms with Crippen LogP contribution in [-0.4, -0.2) is 25.6 Å². The predicted molar refractivity (Wildman–Crippen MR) is 81.9 cm³/mol. The highest BCUT2D eigenvalue weighted by molar-refractivity contribution is 5.80. The maximum atomic E-state index is 11.9. The molecule has 112 valence electrons. The molecule has 0 bridgehead atoms. The van der Waals surface area contributed by atoms with Crippen LogP contribution in [0, 0.1) is 12.8 Å². The van der Waals surface area contributed by atoms with E-state index in [1.165, 1.54) is 5.56 Å².